The molecule has 92 valence electrons. The summed E-state index contributed by atoms with van der Waals surface area (Å²) in [6.45, 7) is 3.06. The van der Waals surface area contributed by atoms with Crippen LogP contribution in [0.1, 0.15) is 26.2 Å². The first kappa shape index (κ1) is 13.0. The molecule has 1 amide bonds. The van der Waals surface area contributed by atoms with E-state index in [1.54, 1.807) is 4.90 Å². The number of likely N-dealkylation sites (tertiary alicyclic amines) is 1. The Morgan fingerprint density at radius 3 is 2.88 bits per heavy atom. The minimum atomic E-state index is -0.302. The summed E-state index contributed by atoms with van der Waals surface area (Å²) in [7, 11) is 1.35. The van der Waals surface area contributed by atoms with Gasteiger partial charge in [-0.3, -0.25) is 9.59 Å². The van der Waals surface area contributed by atoms with Crippen molar-refractivity contribution in [2.45, 2.75) is 32.2 Å². The first-order valence-corrected chi connectivity index (χ1v) is 5.71. The Hall–Kier alpha value is -1.10. The zero-order valence-corrected chi connectivity index (χ0v) is 9.94. The third-order valence-corrected chi connectivity index (χ3v) is 3.10. The molecule has 0 aromatic rings. The van der Waals surface area contributed by atoms with Crippen LogP contribution in [0.25, 0.3) is 0 Å². The first-order valence-electron chi connectivity index (χ1n) is 5.71. The zero-order chi connectivity index (χ0) is 12.1. The molecule has 0 aromatic carbocycles. The van der Waals surface area contributed by atoms with Gasteiger partial charge in [0.1, 0.15) is 0 Å². The number of rotatable bonds is 5. The van der Waals surface area contributed by atoms with E-state index in [-0.39, 0.29) is 30.3 Å². The number of methoxy groups -OCH3 is 1. The van der Waals surface area contributed by atoms with Gasteiger partial charge in [0.25, 0.3) is 0 Å². The van der Waals surface area contributed by atoms with E-state index in [1.807, 2.05) is 6.92 Å². The topological polar surface area (TPSA) is 72.6 Å². The van der Waals surface area contributed by atoms with Crippen molar-refractivity contribution in [1.29, 1.82) is 0 Å². The van der Waals surface area contributed by atoms with Gasteiger partial charge >= 0.3 is 5.97 Å². The van der Waals surface area contributed by atoms with Crippen LogP contribution in [0.2, 0.25) is 0 Å². The number of ether oxygens (including phenoxy) is 1. The molecule has 1 saturated heterocycles. The fourth-order valence-corrected chi connectivity index (χ4v) is 2.18. The third kappa shape index (κ3) is 2.72. The lowest BCUT2D eigenvalue weighted by molar-refractivity contribution is -0.145. The number of carbonyl (C=O) groups is 2. The lowest BCUT2D eigenvalue weighted by Gasteiger charge is -2.26. The molecule has 16 heavy (non-hydrogen) atoms. The summed E-state index contributed by atoms with van der Waals surface area (Å²) in [5.41, 5.74) is 5.51. The molecular formula is C11H20N2O3. The van der Waals surface area contributed by atoms with E-state index in [1.165, 1.54) is 7.11 Å². The van der Waals surface area contributed by atoms with Crippen LogP contribution in [0.3, 0.4) is 0 Å². The van der Waals surface area contributed by atoms with E-state index in [9.17, 15) is 9.59 Å². The molecule has 0 radical (unpaired) electrons. The Labute approximate surface area is 95.9 Å². The monoisotopic (exact) mass is 228 g/mol. The van der Waals surface area contributed by atoms with Gasteiger partial charge in [-0.1, -0.05) is 6.92 Å². The molecular weight excluding hydrogens is 208 g/mol. The molecule has 1 rings (SSSR count). The highest BCUT2D eigenvalue weighted by molar-refractivity contribution is 5.86. The van der Waals surface area contributed by atoms with Crippen molar-refractivity contribution in [3.8, 4) is 0 Å². The van der Waals surface area contributed by atoms with E-state index in [0.29, 0.717) is 13.1 Å². The smallest absolute Gasteiger partial charge is 0.310 e. The molecule has 2 unspecified atom stereocenters. The largest absolute Gasteiger partial charge is 0.469 e. The Kier molecular flexibility index (Phi) is 4.73. The molecule has 5 heteroatoms. The Bertz CT molecular complexity index is 268. The molecule has 0 saturated carbocycles. The van der Waals surface area contributed by atoms with Gasteiger partial charge in [0.2, 0.25) is 5.91 Å². The normalized spacial score (nSPS) is 22.3. The second-order valence-corrected chi connectivity index (χ2v) is 4.11. The maximum absolute atomic E-state index is 11.8. The van der Waals surface area contributed by atoms with Crippen LogP contribution < -0.4 is 5.73 Å². The fraction of sp³-hybridized carbons (Fsp3) is 0.818. The van der Waals surface area contributed by atoms with Gasteiger partial charge in [0, 0.05) is 19.0 Å². The SMILES string of the molecule is CCC(CCN)N1CC(C(=O)OC)CC1=O. The van der Waals surface area contributed by atoms with Crippen LogP contribution in [-0.2, 0) is 14.3 Å². The number of nitrogens with two attached hydrogens (primary N) is 1. The maximum Gasteiger partial charge on any atom is 0.310 e. The Balaban J connectivity index is 2.62. The van der Waals surface area contributed by atoms with Crippen molar-refractivity contribution in [3.05, 3.63) is 0 Å². The predicted octanol–water partition coefficient (Wildman–Crippen LogP) is 0.135. The summed E-state index contributed by atoms with van der Waals surface area (Å²) >= 11 is 0. The molecule has 1 aliphatic rings. The van der Waals surface area contributed by atoms with Crippen LogP contribution in [0.4, 0.5) is 0 Å². The average molecular weight is 228 g/mol. The first-order chi connectivity index (χ1) is 7.63. The average Bonchev–Trinajstić information content (AvgIpc) is 2.67. The van der Waals surface area contributed by atoms with Gasteiger partial charge < -0.3 is 15.4 Å². The summed E-state index contributed by atoms with van der Waals surface area (Å²) in [6, 6.07) is 0.159. The van der Waals surface area contributed by atoms with Crippen molar-refractivity contribution in [3.63, 3.8) is 0 Å². The van der Waals surface area contributed by atoms with Gasteiger partial charge in [-0.15, -0.1) is 0 Å². The quantitative estimate of drug-likeness (QED) is 0.679. The molecule has 0 spiro atoms. The number of hydrogen-bond acceptors (Lipinski definition) is 4. The molecule has 1 aliphatic heterocycles. The molecule has 5 nitrogen and oxygen atoms in total. The Morgan fingerprint density at radius 2 is 2.38 bits per heavy atom. The van der Waals surface area contributed by atoms with Crippen LogP contribution in [0, 0.1) is 5.92 Å². The summed E-state index contributed by atoms with van der Waals surface area (Å²) in [5, 5.41) is 0. The zero-order valence-electron chi connectivity index (χ0n) is 9.94. The molecule has 1 heterocycles. The third-order valence-electron chi connectivity index (χ3n) is 3.10. The lowest BCUT2D eigenvalue weighted by Crippen LogP contribution is -2.38. The van der Waals surface area contributed by atoms with Crippen molar-refractivity contribution in [2.75, 3.05) is 20.2 Å². The van der Waals surface area contributed by atoms with Crippen molar-refractivity contribution in [2.24, 2.45) is 11.7 Å². The number of esters is 1. The second kappa shape index (κ2) is 5.84. The highest BCUT2D eigenvalue weighted by Gasteiger charge is 2.37. The summed E-state index contributed by atoms with van der Waals surface area (Å²) < 4.78 is 4.66. The van der Waals surface area contributed by atoms with Crippen LogP contribution in [-0.4, -0.2) is 43.0 Å². The highest BCUT2D eigenvalue weighted by atomic mass is 16.5. The number of amides is 1. The van der Waals surface area contributed by atoms with Gasteiger partial charge in [-0.2, -0.15) is 0 Å². The number of hydrogen-bond donors (Lipinski definition) is 1. The predicted molar refractivity (Wildman–Crippen MR) is 59.6 cm³/mol. The molecule has 2 N–H and O–H groups in total. The minimum Gasteiger partial charge on any atom is -0.469 e. The number of nitrogens with zero attached hydrogens (tertiary/aromatic N) is 1. The molecule has 1 fully saturated rings. The lowest BCUT2D eigenvalue weighted by atomic mass is 10.1. The van der Waals surface area contributed by atoms with E-state index in [2.05, 4.69) is 4.74 Å². The standard InChI is InChI=1S/C11H20N2O3/c1-3-9(4-5-12)13-7-8(6-10(13)14)11(15)16-2/h8-9H,3-7,12H2,1-2H3. The van der Waals surface area contributed by atoms with Gasteiger partial charge in [0.05, 0.1) is 13.0 Å². The molecule has 0 bridgehead atoms. The Morgan fingerprint density at radius 1 is 1.69 bits per heavy atom. The molecule has 0 aromatic heterocycles. The fourth-order valence-electron chi connectivity index (χ4n) is 2.18. The summed E-state index contributed by atoms with van der Waals surface area (Å²) in [5.74, 6) is -0.557. The maximum atomic E-state index is 11.8. The van der Waals surface area contributed by atoms with Gasteiger partial charge in [-0.25, -0.2) is 0 Å². The van der Waals surface area contributed by atoms with Gasteiger partial charge in [-0.05, 0) is 19.4 Å². The molecule has 2 atom stereocenters. The van der Waals surface area contributed by atoms with Crippen LogP contribution in [0.5, 0.6) is 0 Å². The van der Waals surface area contributed by atoms with Crippen molar-refractivity contribution < 1.29 is 14.3 Å². The van der Waals surface area contributed by atoms with Crippen LogP contribution in [0.15, 0.2) is 0 Å². The van der Waals surface area contributed by atoms with Crippen molar-refractivity contribution >= 4 is 11.9 Å². The van der Waals surface area contributed by atoms with E-state index < -0.39 is 0 Å². The minimum absolute atomic E-state index is 0.0377. The van der Waals surface area contributed by atoms with Crippen molar-refractivity contribution in [1.82, 2.24) is 4.90 Å². The summed E-state index contributed by atoms with van der Waals surface area (Å²) in [6.07, 6.45) is 1.93. The van der Waals surface area contributed by atoms with Crippen LogP contribution >= 0.6 is 0 Å². The van der Waals surface area contributed by atoms with E-state index >= 15 is 0 Å². The highest BCUT2D eigenvalue weighted by Crippen LogP contribution is 2.23. The number of carbonyl (C=O) groups excluding carboxylic acids is 2. The van der Waals surface area contributed by atoms with E-state index in [0.717, 1.165) is 12.8 Å². The second-order valence-electron chi connectivity index (χ2n) is 4.11. The molecule has 0 aliphatic carbocycles. The van der Waals surface area contributed by atoms with E-state index in [4.69, 9.17) is 5.73 Å². The van der Waals surface area contributed by atoms with Gasteiger partial charge in [0.15, 0.2) is 0 Å². The summed E-state index contributed by atoms with van der Waals surface area (Å²) in [4.78, 5) is 24.9.